The molecule has 0 bridgehead atoms. The fourth-order valence-corrected chi connectivity index (χ4v) is 1.58. The molecule has 92 valence electrons. The van der Waals surface area contributed by atoms with Crippen LogP contribution < -0.4 is 5.32 Å². The maximum absolute atomic E-state index is 11.9. The van der Waals surface area contributed by atoms with Crippen molar-refractivity contribution in [3.63, 3.8) is 0 Å². The van der Waals surface area contributed by atoms with Crippen LogP contribution >= 0.6 is 0 Å². The first-order chi connectivity index (χ1) is 8.58. The third kappa shape index (κ3) is 2.43. The van der Waals surface area contributed by atoms with Crippen LogP contribution in [0, 0.1) is 6.92 Å². The molecule has 4 nitrogen and oxygen atoms in total. The average molecular weight is 243 g/mol. The Kier molecular flexibility index (Phi) is 3.19. The van der Waals surface area contributed by atoms with Gasteiger partial charge in [-0.3, -0.25) is 4.79 Å². The van der Waals surface area contributed by atoms with Gasteiger partial charge in [-0.2, -0.15) is 0 Å². The Morgan fingerprint density at radius 2 is 1.72 bits per heavy atom. The summed E-state index contributed by atoms with van der Waals surface area (Å²) in [6, 6.07) is 11.5. The van der Waals surface area contributed by atoms with E-state index in [1.165, 1.54) is 12.1 Å². The van der Waals surface area contributed by atoms with Crippen LogP contribution in [0.4, 0.5) is 5.69 Å². The van der Waals surface area contributed by atoms with Gasteiger partial charge in [0.1, 0.15) is 11.5 Å². The fraction of sp³-hybridized carbons (Fsp3) is 0.0714. The number of rotatable bonds is 2. The van der Waals surface area contributed by atoms with Gasteiger partial charge >= 0.3 is 0 Å². The van der Waals surface area contributed by atoms with Gasteiger partial charge in [0.15, 0.2) is 0 Å². The van der Waals surface area contributed by atoms with Crippen LogP contribution in [0.5, 0.6) is 11.5 Å². The van der Waals surface area contributed by atoms with Crippen molar-refractivity contribution in [2.45, 2.75) is 6.92 Å². The minimum Gasteiger partial charge on any atom is -0.508 e. The van der Waals surface area contributed by atoms with Crippen LogP contribution in [0.2, 0.25) is 0 Å². The number of anilines is 1. The second-order valence-electron chi connectivity index (χ2n) is 3.98. The van der Waals surface area contributed by atoms with E-state index in [4.69, 9.17) is 0 Å². The molecule has 0 heterocycles. The molecule has 2 aromatic rings. The lowest BCUT2D eigenvalue weighted by molar-refractivity contribution is 0.102. The van der Waals surface area contributed by atoms with Gasteiger partial charge in [-0.1, -0.05) is 18.2 Å². The van der Waals surface area contributed by atoms with Crippen LogP contribution in [0.1, 0.15) is 15.9 Å². The van der Waals surface area contributed by atoms with E-state index in [1.54, 1.807) is 31.2 Å². The quantitative estimate of drug-likeness (QED) is 0.710. The number of hydrogen-bond acceptors (Lipinski definition) is 3. The molecule has 0 saturated heterocycles. The monoisotopic (exact) mass is 243 g/mol. The molecule has 0 aliphatic carbocycles. The number of phenolic OH excluding ortho intramolecular Hbond substituents is 2. The number of para-hydroxylation sites is 1. The number of aromatic hydroxyl groups is 2. The molecular formula is C14H13NO3. The SMILES string of the molecule is Cc1cc(O)c(C(=O)Nc2ccccc2)cc1O. The van der Waals surface area contributed by atoms with Crippen molar-refractivity contribution < 1.29 is 15.0 Å². The number of hydrogen-bond donors (Lipinski definition) is 3. The van der Waals surface area contributed by atoms with Gasteiger partial charge in [0, 0.05) is 5.69 Å². The predicted molar refractivity (Wildman–Crippen MR) is 68.9 cm³/mol. The van der Waals surface area contributed by atoms with Crippen molar-refractivity contribution in [2.24, 2.45) is 0 Å². The van der Waals surface area contributed by atoms with E-state index in [1.807, 2.05) is 6.07 Å². The maximum Gasteiger partial charge on any atom is 0.259 e. The van der Waals surface area contributed by atoms with Gasteiger partial charge < -0.3 is 15.5 Å². The van der Waals surface area contributed by atoms with E-state index in [2.05, 4.69) is 5.32 Å². The van der Waals surface area contributed by atoms with Gasteiger partial charge in [-0.05, 0) is 36.8 Å². The molecule has 0 fully saturated rings. The number of benzene rings is 2. The van der Waals surface area contributed by atoms with E-state index >= 15 is 0 Å². The first-order valence-corrected chi connectivity index (χ1v) is 5.47. The van der Waals surface area contributed by atoms with Gasteiger partial charge in [-0.25, -0.2) is 0 Å². The zero-order valence-corrected chi connectivity index (χ0v) is 9.84. The molecule has 0 spiro atoms. The van der Waals surface area contributed by atoms with Crippen LogP contribution in [0.25, 0.3) is 0 Å². The van der Waals surface area contributed by atoms with Gasteiger partial charge in [0.2, 0.25) is 0 Å². The van der Waals surface area contributed by atoms with Crippen molar-refractivity contribution in [3.8, 4) is 11.5 Å². The summed E-state index contributed by atoms with van der Waals surface area (Å²) in [5.41, 5.74) is 1.19. The minimum absolute atomic E-state index is 0.0222. The lowest BCUT2D eigenvalue weighted by Gasteiger charge is -2.08. The van der Waals surface area contributed by atoms with E-state index in [9.17, 15) is 15.0 Å². The number of amides is 1. The molecule has 2 rings (SSSR count). The van der Waals surface area contributed by atoms with E-state index in [0.717, 1.165) is 0 Å². The molecule has 18 heavy (non-hydrogen) atoms. The Balaban J connectivity index is 2.27. The van der Waals surface area contributed by atoms with E-state index in [-0.39, 0.29) is 17.1 Å². The molecule has 0 aliphatic heterocycles. The van der Waals surface area contributed by atoms with Crippen molar-refractivity contribution in [3.05, 3.63) is 53.6 Å². The lowest BCUT2D eigenvalue weighted by Crippen LogP contribution is -2.12. The van der Waals surface area contributed by atoms with Crippen LogP contribution in [-0.2, 0) is 0 Å². The highest BCUT2D eigenvalue weighted by Crippen LogP contribution is 2.27. The molecule has 1 amide bonds. The molecule has 4 heteroatoms. The second kappa shape index (κ2) is 4.79. The van der Waals surface area contributed by atoms with Crippen LogP contribution in [0.3, 0.4) is 0 Å². The second-order valence-corrected chi connectivity index (χ2v) is 3.98. The van der Waals surface area contributed by atoms with Gasteiger partial charge in [-0.15, -0.1) is 0 Å². The third-order valence-corrected chi connectivity index (χ3v) is 2.59. The van der Waals surface area contributed by atoms with Crippen LogP contribution in [0.15, 0.2) is 42.5 Å². The Morgan fingerprint density at radius 1 is 1.06 bits per heavy atom. The highest BCUT2D eigenvalue weighted by molar-refractivity contribution is 6.06. The number of carbonyl (C=O) groups is 1. The molecule has 0 aliphatic rings. The van der Waals surface area contributed by atoms with Crippen molar-refractivity contribution in [1.82, 2.24) is 0 Å². The Hall–Kier alpha value is -2.49. The van der Waals surface area contributed by atoms with Crippen molar-refractivity contribution >= 4 is 11.6 Å². The molecule has 0 aromatic heterocycles. The highest BCUT2D eigenvalue weighted by Gasteiger charge is 2.13. The van der Waals surface area contributed by atoms with E-state index in [0.29, 0.717) is 11.3 Å². The Morgan fingerprint density at radius 3 is 2.39 bits per heavy atom. The molecule has 0 unspecified atom stereocenters. The Bertz CT molecular complexity index is 579. The standard InChI is InChI=1S/C14H13NO3/c1-9-7-13(17)11(8-12(9)16)14(18)15-10-5-3-2-4-6-10/h2-8,16-17H,1H3,(H,15,18). The Labute approximate surface area is 105 Å². The summed E-state index contributed by atoms with van der Waals surface area (Å²) >= 11 is 0. The topological polar surface area (TPSA) is 69.6 Å². The van der Waals surface area contributed by atoms with Crippen molar-refractivity contribution in [2.75, 3.05) is 5.32 Å². The molecule has 0 atom stereocenters. The number of aryl methyl sites for hydroxylation is 1. The zero-order valence-electron chi connectivity index (χ0n) is 9.84. The zero-order chi connectivity index (χ0) is 13.1. The first-order valence-electron chi connectivity index (χ1n) is 5.47. The smallest absolute Gasteiger partial charge is 0.259 e. The lowest BCUT2D eigenvalue weighted by atomic mass is 10.1. The molecule has 3 N–H and O–H groups in total. The predicted octanol–water partition coefficient (Wildman–Crippen LogP) is 2.66. The maximum atomic E-state index is 11.9. The number of nitrogens with one attached hydrogen (secondary N) is 1. The molecule has 2 aromatic carbocycles. The summed E-state index contributed by atoms with van der Waals surface area (Å²) in [7, 11) is 0. The van der Waals surface area contributed by atoms with Gasteiger partial charge in [0.05, 0.1) is 5.56 Å². The molecular weight excluding hydrogens is 230 g/mol. The van der Waals surface area contributed by atoms with Gasteiger partial charge in [0.25, 0.3) is 5.91 Å². The first kappa shape index (κ1) is 12.0. The summed E-state index contributed by atoms with van der Waals surface area (Å²) < 4.78 is 0. The van der Waals surface area contributed by atoms with Crippen molar-refractivity contribution in [1.29, 1.82) is 0 Å². The van der Waals surface area contributed by atoms with Crippen LogP contribution in [-0.4, -0.2) is 16.1 Å². The normalized spacial score (nSPS) is 10.1. The fourth-order valence-electron chi connectivity index (χ4n) is 1.58. The molecule has 0 radical (unpaired) electrons. The average Bonchev–Trinajstić information content (AvgIpc) is 2.35. The highest BCUT2D eigenvalue weighted by atomic mass is 16.3. The largest absolute Gasteiger partial charge is 0.508 e. The third-order valence-electron chi connectivity index (χ3n) is 2.59. The molecule has 0 saturated carbocycles. The van der Waals surface area contributed by atoms with E-state index < -0.39 is 5.91 Å². The summed E-state index contributed by atoms with van der Waals surface area (Å²) in [5, 5.41) is 21.9. The summed E-state index contributed by atoms with van der Waals surface area (Å²) in [4.78, 5) is 11.9. The number of carbonyl (C=O) groups excluding carboxylic acids is 1. The summed E-state index contributed by atoms with van der Waals surface area (Å²) in [6.07, 6.45) is 0. The summed E-state index contributed by atoms with van der Waals surface area (Å²) in [5.74, 6) is -0.640. The minimum atomic E-state index is -0.464. The summed E-state index contributed by atoms with van der Waals surface area (Å²) in [6.45, 7) is 1.65. The number of phenols is 2.